The lowest BCUT2D eigenvalue weighted by molar-refractivity contribution is -0.119. The highest BCUT2D eigenvalue weighted by Crippen LogP contribution is 2.43. The number of anilines is 2. The molecule has 0 saturated carbocycles. The number of ether oxygens (including phenoxy) is 2. The first-order chi connectivity index (χ1) is 9.06. The van der Waals surface area contributed by atoms with Crippen molar-refractivity contribution in [3.05, 3.63) is 24.3 Å². The number of hydrogen-bond acceptors (Lipinski definition) is 4. The Balaban J connectivity index is 2.07. The summed E-state index contributed by atoms with van der Waals surface area (Å²) in [4.78, 5) is 14.0. The molecule has 2 aliphatic heterocycles. The first-order valence-corrected chi connectivity index (χ1v) is 6.22. The molecule has 0 aromatic heterocycles. The molecule has 0 bridgehead atoms. The summed E-state index contributed by atoms with van der Waals surface area (Å²) in [7, 11) is 0. The summed E-state index contributed by atoms with van der Waals surface area (Å²) in [5.41, 5.74) is 2.64. The molecule has 1 atom stereocenters. The van der Waals surface area contributed by atoms with Crippen molar-refractivity contribution in [1.82, 2.24) is 0 Å². The molecule has 0 spiro atoms. The summed E-state index contributed by atoms with van der Waals surface area (Å²) in [6, 6.07) is 3.47. The quantitative estimate of drug-likeness (QED) is 0.828. The van der Waals surface area contributed by atoms with Crippen molar-refractivity contribution in [2.24, 2.45) is 0 Å². The summed E-state index contributed by atoms with van der Waals surface area (Å²) in [6.45, 7) is 8.38. The molecule has 3 rings (SSSR count). The van der Waals surface area contributed by atoms with Gasteiger partial charge in [0, 0.05) is 18.7 Å². The highest BCUT2D eigenvalue weighted by Gasteiger charge is 2.31. The van der Waals surface area contributed by atoms with Gasteiger partial charge in [0.2, 0.25) is 12.7 Å². The topological polar surface area (TPSA) is 50.8 Å². The lowest BCUT2D eigenvalue weighted by atomic mass is 10.1. The fraction of sp³-hybridized carbons (Fsp3) is 0.357. The third-order valence-corrected chi connectivity index (χ3v) is 3.22. The summed E-state index contributed by atoms with van der Waals surface area (Å²) >= 11 is 0. The van der Waals surface area contributed by atoms with E-state index in [-0.39, 0.29) is 18.7 Å². The van der Waals surface area contributed by atoms with E-state index < -0.39 is 0 Å². The summed E-state index contributed by atoms with van der Waals surface area (Å²) < 4.78 is 10.7. The van der Waals surface area contributed by atoms with Crippen molar-refractivity contribution in [2.75, 3.05) is 23.6 Å². The maximum absolute atomic E-state index is 12.3. The Morgan fingerprint density at radius 1 is 1.47 bits per heavy atom. The molecule has 0 fully saturated rings. The number of nitrogens with one attached hydrogen (secondary N) is 1. The smallest absolute Gasteiger partial charge is 0.249 e. The van der Waals surface area contributed by atoms with Crippen LogP contribution in [-0.2, 0) is 4.79 Å². The number of fused-ring (bicyclic) bond motifs is 2. The number of amides is 1. The predicted octanol–water partition coefficient (Wildman–Crippen LogP) is 2.14. The van der Waals surface area contributed by atoms with Gasteiger partial charge in [-0.3, -0.25) is 4.79 Å². The van der Waals surface area contributed by atoms with Gasteiger partial charge in [0.15, 0.2) is 11.5 Å². The van der Waals surface area contributed by atoms with E-state index in [9.17, 15) is 4.79 Å². The highest BCUT2D eigenvalue weighted by atomic mass is 16.7. The second-order valence-electron chi connectivity index (χ2n) is 4.97. The molecule has 0 radical (unpaired) electrons. The number of hydrogen-bond donors (Lipinski definition) is 1. The molecular formula is C14H16N2O3. The first kappa shape index (κ1) is 11.9. The molecule has 1 N–H and O–H groups in total. The van der Waals surface area contributed by atoms with Gasteiger partial charge in [-0.25, -0.2) is 0 Å². The number of rotatable bonds is 2. The monoisotopic (exact) mass is 260 g/mol. The Labute approximate surface area is 111 Å². The molecule has 1 unspecified atom stereocenters. The van der Waals surface area contributed by atoms with Gasteiger partial charge in [0.05, 0.1) is 11.4 Å². The molecule has 2 heterocycles. The first-order valence-electron chi connectivity index (χ1n) is 6.22. The van der Waals surface area contributed by atoms with Crippen LogP contribution in [0.25, 0.3) is 0 Å². The van der Waals surface area contributed by atoms with Crippen LogP contribution in [0.2, 0.25) is 0 Å². The highest BCUT2D eigenvalue weighted by molar-refractivity contribution is 6.05. The molecule has 19 heavy (non-hydrogen) atoms. The number of benzene rings is 1. The van der Waals surface area contributed by atoms with E-state index in [1.807, 2.05) is 26.0 Å². The maximum Gasteiger partial charge on any atom is 0.249 e. The number of nitrogens with zero attached hydrogens (tertiary/aromatic N) is 1. The minimum absolute atomic E-state index is 0.0364. The van der Waals surface area contributed by atoms with Gasteiger partial charge >= 0.3 is 0 Å². The number of carbonyl (C=O) groups excluding carboxylic acids is 1. The molecule has 5 nitrogen and oxygen atoms in total. The summed E-state index contributed by atoms with van der Waals surface area (Å²) in [5.74, 6) is 1.42. The number of carbonyl (C=O) groups is 1. The van der Waals surface area contributed by atoms with Crippen LogP contribution in [0.5, 0.6) is 11.5 Å². The van der Waals surface area contributed by atoms with Gasteiger partial charge in [-0.15, -0.1) is 0 Å². The van der Waals surface area contributed by atoms with E-state index in [0.29, 0.717) is 18.0 Å². The minimum atomic E-state index is -0.257. The fourth-order valence-corrected chi connectivity index (χ4v) is 2.35. The lowest BCUT2D eigenvalue weighted by Gasteiger charge is -2.34. The third kappa shape index (κ3) is 1.91. The van der Waals surface area contributed by atoms with Crippen LogP contribution in [0.3, 0.4) is 0 Å². The summed E-state index contributed by atoms with van der Waals surface area (Å²) in [6.07, 6.45) is 0. The Bertz CT molecular complexity index is 568. The summed E-state index contributed by atoms with van der Waals surface area (Å²) in [5, 5.41) is 3.19. The Morgan fingerprint density at radius 3 is 2.84 bits per heavy atom. The van der Waals surface area contributed by atoms with Crippen LogP contribution < -0.4 is 19.7 Å². The van der Waals surface area contributed by atoms with Gasteiger partial charge in [-0.05, 0) is 13.8 Å². The van der Waals surface area contributed by atoms with Gasteiger partial charge in [0.25, 0.3) is 0 Å². The van der Waals surface area contributed by atoms with Gasteiger partial charge in [0.1, 0.15) is 6.04 Å². The van der Waals surface area contributed by atoms with E-state index in [1.54, 1.807) is 4.90 Å². The van der Waals surface area contributed by atoms with E-state index in [0.717, 1.165) is 16.9 Å². The average Bonchev–Trinajstić information content (AvgIpc) is 2.79. The molecule has 1 aromatic rings. The van der Waals surface area contributed by atoms with Crippen LogP contribution in [0.1, 0.15) is 13.8 Å². The molecule has 5 heteroatoms. The van der Waals surface area contributed by atoms with Crippen LogP contribution in [0, 0.1) is 0 Å². The van der Waals surface area contributed by atoms with Crippen molar-refractivity contribution in [1.29, 1.82) is 0 Å². The van der Waals surface area contributed by atoms with E-state index in [2.05, 4.69) is 11.9 Å². The normalized spacial score (nSPS) is 20.0. The van der Waals surface area contributed by atoms with Crippen molar-refractivity contribution in [2.45, 2.75) is 19.9 Å². The molecule has 1 aromatic carbocycles. The SMILES string of the molecule is C=C(C)CN1C(=O)C(C)Nc2cc3c(cc21)OCO3. The van der Waals surface area contributed by atoms with Crippen molar-refractivity contribution in [3.8, 4) is 11.5 Å². The molecule has 0 saturated heterocycles. The molecule has 0 aliphatic carbocycles. The lowest BCUT2D eigenvalue weighted by Crippen LogP contribution is -2.46. The van der Waals surface area contributed by atoms with E-state index in [4.69, 9.17) is 9.47 Å². The zero-order valence-corrected chi connectivity index (χ0v) is 11.0. The largest absolute Gasteiger partial charge is 0.454 e. The Kier molecular flexibility index (Phi) is 2.62. The zero-order chi connectivity index (χ0) is 13.6. The van der Waals surface area contributed by atoms with Crippen LogP contribution in [-0.4, -0.2) is 25.3 Å². The van der Waals surface area contributed by atoms with Crippen molar-refractivity contribution in [3.63, 3.8) is 0 Å². The molecular weight excluding hydrogens is 244 g/mol. The Morgan fingerprint density at radius 2 is 2.16 bits per heavy atom. The predicted molar refractivity (Wildman–Crippen MR) is 72.8 cm³/mol. The second-order valence-corrected chi connectivity index (χ2v) is 4.97. The van der Waals surface area contributed by atoms with Gasteiger partial charge in [-0.1, -0.05) is 12.2 Å². The zero-order valence-electron chi connectivity index (χ0n) is 11.0. The molecule has 1 amide bonds. The second kappa shape index (κ2) is 4.19. The van der Waals surface area contributed by atoms with Crippen molar-refractivity contribution >= 4 is 17.3 Å². The molecule has 100 valence electrons. The average molecular weight is 260 g/mol. The van der Waals surface area contributed by atoms with Crippen LogP contribution in [0.15, 0.2) is 24.3 Å². The van der Waals surface area contributed by atoms with Crippen molar-refractivity contribution < 1.29 is 14.3 Å². The van der Waals surface area contributed by atoms with Gasteiger partial charge < -0.3 is 19.7 Å². The van der Waals surface area contributed by atoms with Crippen LogP contribution in [0.4, 0.5) is 11.4 Å². The standard InChI is InChI=1S/C14H16N2O3/c1-8(2)6-16-11-5-13-12(18-7-19-13)4-10(11)15-9(3)14(16)17/h4-5,9,15H,1,6-7H2,2-3H3. The van der Waals surface area contributed by atoms with E-state index >= 15 is 0 Å². The maximum atomic E-state index is 12.3. The third-order valence-electron chi connectivity index (χ3n) is 3.22. The Hall–Kier alpha value is -2.17. The molecule has 2 aliphatic rings. The van der Waals surface area contributed by atoms with Gasteiger partial charge in [-0.2, -0.15) is 0 Å². The van der Waals surface area contributed by atoms with E-state index in [1.165, 1.54) is 0 Å². The fourth-order valence-electron chi connectivity index (χ4n) is 2.35. The minimum Gasteiger partial charge on any atom is -0.454 e. The van der Waals surface area contributed by atoms with Crippen LogP contribution >= 0.6 is 0 Å².